The highest BCUT2D eigenvalue weighted by atomic mass is 32.2. The number of para-hydroxylation sites is 1. The summed E-state index contributed by atoms with van der Waals surface area (Å²) in [6.07, 6.45) is 4.61. The number of amides is 1. The Hall–Kier alpha value is -1.75. The van der Waals surface area contributed by atoms with E-state index in [0.717, 1.165) is 23.8 Å². The number of carbonyl (C=O) groups excluding carboxylic acids is 1. The fourth-order valence-corrected chi connectivity index (χ4v) is 2.67. The minimum Gasteiger partial charge on any atom is -0.355 e. The van der Waals surface area contributed by atoms with Gasteiger partial charge in [0.15, 0.2) is 5.16 Å². The topological polar surface area (TPSA) is 46.9 Å². The van der Waals surface area contributed by atoms with Crippen LogP contribution in [0.4, 0.5) is 0 Å². The zero-order chi connectivity index (χ0) is 14.4. The lowest BCUT2D eigenvalue weighted by Crippen LogP contribution is -2.31. The lowest BCUT2D eigenvalue weighted by Gasteiger charge is -2.12. The third-order valence-electron chi connectivity index (χ3n) is 2.84. The zero-order valence-electron chi connectivity index (χ0n) is 11.7. The Kier molecular flexibility index (Phi) is 5.24. The number of imidazole rings is 1. The van der Waals surface area contributed by atoms with E-state index >= 15 is 0 Å². The van der Waals surface area contributed by atoms with Crippen molar-refractivity contribution in [2.75, 3.05) is 6.54 Å². The molecule has 0 bridgehead atoms. The Morgan fingerprint density at radius 2 is 2.15 bits per heavy atom. The normalized spacial score (nSPS) is 12.1. The first-order valence-corrected chi connectivity index (χ1v) is 7.63. The molecule has 1 aromatic carbocycles. The molecule has 1 amide bonds. The van der Waals surface area contributed by atoms with Crippen LogP contribution >= 0.6 is 11.8 Å². The average Bonchev–Trinajstić information content (AvgIpc) is 2.93. The summed E-state index contributed by atoms with van der Waals surface area (Å²) in [5.74, 6) is 0.0551. The third kappa shape index (κ3) is 3.63. The summed E-state index contributed by atoms with van der Waals surface area (Å²) >= 11 is 1.47. The second kappa shape index (κ2) is 7.14. The number of benzene rings is 1. The van der Waals surface area contributed by atoms with Crippen LogP contribution in [-0.2, 0) is 4.79 Å². The highest BCUT2D eigenvalue weighted by Crippen LogP contribution is 2.24. The molecule has 4 nitrogen and oxygen atoms in total. The highest BCUT2D eigenvalue weighted by molar-refractivity contribution is 8.00. The molecule has 1 atom stereocenters. The van der Waals surface area contributed by atoms with Crippen molar-refractivity contribution in [2.45, 2.75) is 30.7 Å². The second-order valence-electron chi connectivity index (χ2n) is 4.47. The number of nitrogens with zero attached hydrogens (tertiary/aromatic N) is 2. The lowest BCUT2D eigenvalue weighted by atomic mass is 10.3. The number of hydrogen-bond acceptors (Lipinski definition) is 3. The number of nitrogens with one attached hydrogen (secondary N) is 1. The largest absolute Gasteiger partial charge is 0.355 e. The van der Waals surface area contributed by atoms with Gasteiger partial charge in [-0.1, -0.05) is 36.9 Å². The Morgan fingerprint density at radius 1 is 1.40 bits per heavy atom. The van der Waals surface area contributed by atoms with Crippen molar-refractivity contribution >= 4 is 17.7 Å². The summed E-state index contributed by atoms with van der Waals surface area (Å²) in [4.78, 5) is 16.2. The van der Waals surface area contributed by atoms with E-state index in [1.54, 1.807) is 6.20 Å². The average molecular weight is 289 g/mol. The maximum Gasteiger partial charge on any atom is 0.233 e. The predicted molar refractivity (Wildman–Crippen MR) is 82.2 cm³/mol. The summed E-state index contributed by atoms with van der Waals surface area (Å²) in [5.41, 5.74) is 1.05. The molecule has 0 radical (unpaired) electrons. The smallest absolute Gasteiger partial charge is 0.233 e. The molecule has 0 unspecified atom stereocenters. The van der Waals surface area contributed by atoms with E-state index in [4.69, 9.17) is 0 Å². The number of thioether (sulfide) groups is 1. The first kappa shape index (κ1) is 14.7. The summed E-state index contributed by atoms with van der Waals surface area (Å²) in [5, 5.41) is 3.58. The van der Waals surface area contributed by atoms with Crippen LogP contribution < -0.4 is 5.32 Å². The lowest BCUT2D eigenvalue weighted by molar-refractivity contribution is -0.120. The van der Waals surface area contributed by atoms with Crippen molar-refractivity contribution < 1.29 is 4.79 Å². The molecule has 1 N–H and O–H groups in total. The summed E-state index contributed by atoms with van der Waals surface area (Å²) in [6.45, 7) is 4.66. The van der Waals surface area contributed by atoms with Crippen molar-refractivity contribution in [3.05, 3.63) is 42.7 Å². The van der Waals surface area contributed by atoms with Gasteiger partial charge >= 0.3 is 0 Å². The van der Waals surface area contributed by atoms with Crippen molar-refractivity contribution in [2.24, 2.45) is 0 Å². The van der Waals surface area contributed by atoms with Gasteiger partial charge in [0.2, 0.25) is 5.91 Å². The van der Waals surface area contributed by atoms with E-state index in [0.29, 0.717) is 0 Å². The summed E-state index contributed by atoms with van der Waals surface area (Å²) in [7, 11) is 0. The molecule has 1 heterocycles. The van der Waals surface area contributed by atoms with Gasteiger partial charge in [0, 0.05) is 24.6 Å². The third-order valence-corrected chi connectivity index (χ3v) is 3.92. The van der Waals surface area contributed by atoms with Crippen LogP contribution in [0.1, 0.15) is 20.3 Å². The van der Waals surface area contributed by atoms with Gasteiger partial charge in [0.25, 0.3) is 0 Å². The van der Waals surface area contributed by atoms with Crippen LogP contribution in [0, 0.1) is 0 Å². The molecule has 0 saturated heterocycles. The van der Waals surface area contributed by atoms with Crippen LogP contribution in [0.3, 0.4) is 0 Å². The first-order chi connectivity index (χ1) is 9.72. The molecule has 106 valence electrons. The molecule has 0 aliphatic heterocycles. The Morgan fingerprint density at radius 3 is 2.85 bits per heavy atom. The molecule has 2 rings (SSSR count). The quantitative estimate of drug-likeness (QED) is 0.832. The van der Waals surface area contributed by atoms with Crippen LogP contribution in [-0.4, -0.2) is 27.3 Å². The van der Waals surface area contributed by atoms with Crippen molar-refractivity contribution in [3.8, 4) is 5.69 Å². The van der Waals surface area contributed by atoms with Crippen molar-refractivity contribution in [1.29, 1.82) is 0 Å². The molecule has 20 heavy (non-hydrogen) atoms. The maximum atomic E-state index is 11.9. The molecule has 0 aliphatic rings. The molecule has 0 spiro atoms. The van der Waals surface area contributed by atoms with Crippen LogP contribution in [0.25, 0.3) is 5.69 Å². The fraction of sp³-hybridized carbons (Fsp3) is 0.333. The van der Waals surface area contributed by atoms with Gasteiger partial charge in [0.1, 0.15) is 0 Å². The van der Waals surface area contributed by atoms with E-state index in [2.05, 4.69) is 10.3 Å². The molecule has 1 aromatic heterocycles. The van der Waals surface area contributed by atoms with Gasteiger partial charge in [0.05, 0.1) is 5.25 Å². The molecule has 2 aromatic rings. The molecule has 0 fully saturated rings. The Bertz CT molecular complexity index is 553. The number of aromatic nitrogens is 2. The van der Waals surface area contributed by atoms with Crippen LogP contribution in [0.2, 0.25) is 0 Å². The summed E-state index contributed by atoms with van der Waals surface area (Å²) in [6, 6.07) is 10.00. The monoisotopic (exact) mass is 289 g/mol. The van der Waals surface area contributed by atoms with Gasteiger partial charge in [-0.2, -0.15) is 0 Å². The van der Waals surface area contributed by atoms with Gasteiger partial charge in [-0.3, -0.25) is 9.36 Å². The minimum atomic E-state index is -0.161. The second-order valence-corrected chi connectivity index (χ2v) is 5.77. The SMILES string of the molecule is CCCNC(=O)[C@@H](C)Sc1nccn1-c1ccccc1. The van der Waals surface area contributed by atoms with E-state index in [1.807, 2.05) is 54.9 Å². The minimum absolute atomic E-state index is 0.0551. The zero-order valence-corrected chi connectivity index (χ0v) is 12.6. The van der Waals surface area contributed by atoms with E-state index in [-0.39, 0.29) is 11.2 Å². The van der Waals surface area contributed by atoms with E-state index < -0.39 is 0 Å². The molecule has 5 heteroatoms. The molecular formula is C15H19N3OS. The summed E-state index contributed by atoms with van der Waals surface area (Å²) < 4.78 is 1.99. The van der Waals surface area contributed by atoms with Crippen LogP contribution in [0.15, 0.2) is 47.9 Å². The van der Waals surface area contributed by atoms with Crippen molar-refractivity contribution in [1.82, 2.24) is 14.9 Å². The maximum absolute atomic E-state index is 11.9. The molecule has 0 saturated carbocycles. The van der Waals surface area contributed by atoms with E-state index in [1.165, 1.54) is 11.8 Å². The number of hydrogen-bond donors (Lipinski definition) is 1. The van der Waals surface area contributed by atoms with Crippen molar-refractivity contribution in [3.63, 3.8) is 0 Å². The predicted octanol–water partition coefficient (Wildman–Crippen LogP) is 2.88. The van der Waals surface area contributed by atoms with Crippen LogP contribution in [0.5, 0.6) is 0 Å². The standard InChI is InChI=1S/C15H19N3OS/c1-3-9-16-14(19)12(2)20-15-17-10-11-18(15)13-7-5-4-6-8-13/h4-8,10-12H,3,9H2,1-2H3,(H,16,19)/t12-/m1/s1. The van der Waals surface area contributed by atoms with Gasteiger partial charge in [-0.25, -0.2) is 4.98 Å². The Balaban J connectivity index is 2.08. The number of rotatable bonds is 6. The van der Waals surface area contributed by atoms with E-state index in [9.17, 15) is 4.79 Å². The van der Waals surface area contributed by atoms with Gasteiger partial charge < -0.3 is 5.32 Å². The highest BCUT2D eigenvalue weighted by Gasteiger charge is 2.17. The fourth-order valence-electron chi connectivity index (χ4n) is 1.77. The Labute approximate surface area is 123 Å². The first-order valence-electron chi connectivity index (χ1n) is 6.75. The number of carbonyl (C=O) groups is 1. The van der Waals surface area contributed by atoms with Gasteiger partial charge in [-0.15, -0.1) is 0 Å². The molecule has 0 aliphatic carbocycles. The van der Waals surface area contributed by atoms with Gasteiger partial charge in [-0.05, 0) is 25.5 Å². The molecular weight excluding hydrogens is 270 g/mol.